The van der Waals surface area contributed by atoms with Crippen LogP contribution in [-0.4, -0.2) is 54.6 Å². The molecule has 1 fully saturated rings. The van der Waals surface area contributed by atoms with Crippen molar-refractivity contribution in [2.24, 2.45) is 0 Å². The lowest BCUT2D eigenvalue weighted by Crippen LogP contribution is -2.51. The number of carbonyl (C=O) groups is 3. The third-order valence-corrected chi connectivity index (χ3v) is 8.66. The normalized spacial score (nSPS) is 16.6. The number of nitrogens with zero attached hydrogens (tertiary/aromatic N) is 1. The van der Waals surface area contributed by atoms with Crippen LogP contribution in [0.1, 0.15) is 28.8 Å². The molecule has 0 aliphatic carbocycles. The number of carboxylic acid groups (broad SMARTS) is 1. The molecule has 4 rings (SSSR count). The second-order valence-corrected chi connectivity index (χ2v) is 11.7. The van der Waals surface area contributed by atoms with Crippen molar-refractivity contribution >= 4 is 51.4 Å². The summed E-state index contributed by atoms with van der Waals surface area (Å²) < 4.78 is 27.6. The first-order chi connectivity index (χ1) is 18.1. The van der Waals surface area contributed by atoms with Gasteiger partial charge in [0.25, 0.3) is 0 Å². The van der Waals surface area contributed by atoms with E-state index in [0.717, 1.165) is 21.7 Å². The lowest BCUT2D eigenvalue weighted by Gasteiger charge is -2.25. The zero-order chi connectivity index (χ0) is 27.4. The molecule has 0 aromatic heterocycles. The Bertz CT molecular complexity index is 1440. The topological polar surface area (TPSA) is 121 Å². The predicted molar refractivity (Wildman–Crippen MR) is 144 cm³/mol. The number of sulfonamides is 1. The smallest absolute Gasteiger partial charge is 0.326 e. The van der Waals surface area contributed by atoms with Gasteiger partial charge >= 0.3 is 5.97 Å². The molecule has 198 valence electrons. The van der Waals surface area contributed by atoms with Crippen LogP contribution in [0.25, 0.3) is 11.1 Å². The van der Waals surface area contributed by atoms with Crippen LogP contribution in [0.15, 0.2) is 71.6 Å². The fourth-order valence-electron chi connectivity index (χ4n) is 4.39. The van der Waals surface area contributed by atoms with E-state index in [9.17, 15) is 27.9 Å². The van der Waals surface area contributed by atoms with E-state index in [4.69, 9.17) is 23.2 Å². The van der Waals surface area contributed by atoms with Gasteiger partial charge in [-0.15, -0.1) is 0 Å². The van der Waals surface area contributed by atoms with Gasteiger partial charge in [0.2, 0.25) is 15.9 Å². The number of rotatable bonds is 9. The Kier molecular flexibility index (Phi) is 8.52. The minimum Gasteiger partial charge on any atom is -0.480 e. The minimum atomic E-state index is -4.09. The Morgan fingerprint density at radius 1 is 1.00 bits per heavy atom. The van der Waals surface area contributed by atoms with E-state index in [1.807, 2.05) is 24.3 Å². The number of nitrogens with one attached hydrogen (secondary N) is 1. The lowest BCUT2D eigenvalue weighted by molar-refractivity contribution is -0.142. The van der Waals surface area contributed by atoms with Gasteiger partial charge in [0.1, 0.15) is 18.4 Å². The molecule has 2 N–H and O–H groups in total. The van der Waals surface area contributed by atoms with E-state index in [-0.39, 0.29) is 34.3 Å². The van der Waals surface area contributed by atoms with Crippen LogP contribution in [0, 0.1) is 0 Å². The third kappa shape index (κ3) is 6.24. The maximum atomic E-state index is 13.2. The van der Waals surface area contributed by atoms with Crippen LogP contribution in [0.2, 0.25) is 10.0 Å². The molecule has 8 nitrogen and oxygen atoms in total. The average Bonchev–Trinajstić information content (AvgIpc) is 3.39. The van der Waals surface area contributed by atoms with E-state index >= 15 is 0 Å². The van der Waals surface area contributed by atoms with Crippen LogP contribution >= 0.6 is 23.2 Å². The van der Waals surface area contributed by atoms with Crippen LogP contribution in [0.5, 0.6) is 0 Å². The molecular formula is C27H24Cl2N2O6S. The largest absolute Gasteiger partial charge is 0.480 e. The van der Waals surface area contributed by atoms with E-state index < -0.39 is 34.0 Å². The van der Waals surface area contributed by atoms with Gasteiger partial charge in [-0.1, -0.05) is 71.7 Å². The van der Waals surface area contributed by atoms with Crippen molar-refractivity contribution in [1.82, 2.24) is 9.62 Å². The highest BCUT2D eigenvalue weighted by molar-refractivity contribution is 7.89. The molecule has 0 radical (unpaired) electrons. The van der Waals surface area contributed by atoms with Crippen molar-refractivity contribution in [2.45, 2.75) is 36.2 Å². The Balaban J connectivity index is 1.47. The number of carboxylic acids is 1. The number of benzene rings is 3. The monoisotopic (exact) mass is 574 g/mol. The minimum absolute atomic E-state index is 0.00873. The first-order valence-electron chi connectivity index (χ1n) is 11.7. The maximum absolute atomic E-state index is 13.2. The summed E-state index contributed by atoms with van der Waals surface area (Å²) in [6.07, 6.45) is 1.47. The second-order valence-electron chi connectivity index (χ2n) is 8.92. The quantitative estimate of drug-likeness (QED) is 0.364. The molecule has 0 bridgehead atoms. The summed E-state index contributed by atoms with van der Waals surface area (Å²) >= 11 is 11.9. The molecule has 3 aromatic rings. The SMILES string of the molecule is O=Cc1ccc(-c2ccc(C[C@H](NC(=O)[C@@H]3CCCN3S(=O)(=O)c3cc(Cl)cc(Cl)c3)C(=O)O)cc2)cc1. The van der Waals surface area contributed by atoms with Gasteiger partial charge in [-0.25, -0.2) is 13.2 Å². The van der Waals surface area contributed by atoms with Gasteiger partial charge in [0.15, 0.2) is 0 Å². The summed E-state index contributed by atoms with van der Waals surface area (Å²) in [5.41, 5.74) is 3.02. The van der Waals surface area contributed by atoms with E-state index in [0.29, 0.717) is 17.5 Å². The van der Waals surface area contributed by atoms with Gasteiger partial charge in [0, 0.05) is 28.6 Å². The van der Waals surface area contributed by atoms with Crippen LogP contribution in [-0.2, 0) is 26.0 Å². The Labute approximate surface area is 230 Å². The molecule has 0 spiro atoms. The molecule has 1 aliphatic heterocycles. The average molecular weight is 575 g/mol. The number of halogens is 2. The zero-order valence-corrected chi connectivity index (χ0v) is 22.3. The molecule has 1 saturated heterocycles. The number of aldehydes is 1. The van der Waals surface area contributed by atoms with E-state index in [2.05, 4.69) is 5.32 Å². The van der Waals surface area contributed by atoms with Crippen molar-refractivity contribution in [3.05, 3.63) is 87.9 Å². The molecule has 0 saturated carbocycles. The number of amides is 1. The van der Waals surface area contributed by atoms with Crippen molar-refractivity contribution < 1.29 is 27.9 Å². The van der Waals surface area contributed by atoms with Crippen molar-refractivity contribution in [3.63, 3.8) is 0 Å². The molecule has 11 heteroatoms. The van der Waals surface area contributed by atoms with Gasteiger partial charge in [-0.2, -0.15) is 4.31 Å². The first-order valence-corrected chi connectivity index (χ1v) is 13.9. The van der Waals surface area contributed by atoms with Crippen LogP contribution in [0.4, 0.5) is 0 Å². The summed E-state index contributed by atoms with van der Waals surface area (Å²) in [5, 5.41) is 12.6. The number of aliphatic carboxylic acids is 1. The van der Waals surface area contributed by atoms with Crippen LogP contribution < -0.4 is 5.32 Å². The summed E-state index contributed by atoms with van der Waals surface area (Å²) in [6, 6.07) is 15.8. The van der Waals surface area contributed by atoms with Crippen LogP contribution in [0.3, 0.4) is 0 Å². The van der Waals surface area contributed by atoms with Crippen molar-refractivity contribution in [1.29, 1.82) is 0 Å². The Morgan fingerprint density at radius 2 is 1.58 bits per heavy atom. The molecule has 1 amide bonds. The Hall–Kier alpha value is -3.24. The molecule has 1 heterocycles. The summed E-state index contributed by atoms with van der Waals surface area (Å²) in [7, 11) is -4.09. The third-order valence-electron chi connectivity index (χ3n) is 6.34. The molecule has 2 atom stereocenters. The fraction of sp³-hybridized carbons (Fsp3) is 0.222. The highest BCUT2D eigenvalue weighted by atomic mass is 35.5. The van der Waals surface area contributed by atoms with E-state index in [1.165, 1.54) is 18.2 Å². The fourth-order valence-corrected chi connectivity index (χ4v) is 6.78. The second kappa shape index (κ2) is 11.7. The summed E-state index contributed by atoms with van der Waals surface area (Å²) in [6.45, 7) is 0.109. The summed E-state index contributed by atoms with van der Waals surface area (Å²) in [5.74, 6) is -1.92. The molecule has 1 aliphatic rings. The van der Waals surface area contributed by atoms with Crippen molar-refractivity contribution in [2.75, 3.05) is 6.54 Å². The van der Waals surface area contributed by atoms with Gasteiger partial charge < -0.3 is 10.4 Å². The van der Waals surface area contributed by atoms with Crippen molar-refractivity contribution in [3.8, 4) is 11.1 Å². The zero-order valence-electron chi connectivity index (χ0n) is 20.0. The van der Waals surface area contributed by atoms with Gasteiger partial charge in [-0.3, -0.25) is 9.59 Å². The predicted octanol–water partition coefficient (Wildman–Crippen LogP) is 4.44. The highest BCUT2D eigenvalue weighted by Crippen LogP contribution is 2.30. The molecule has 3 aromatic carbocycles. The molecule has 38 heavy (non-hydrogen) atoms. The number of hydrogen-bond acceptors (Lipinski definition) is 5. The summed E-state index contributed by atoms with van der Waals surface area (Å²) in [4.78, 5) is 35.8. The Morgan fingerprint density at radius 3 is 2.13 bits per heavy atom. The highest BCUT2D eigenvalue weighted by Gasteiger charge is 2.40. The molecule has 0 unspecified atom stereocenters. The lowest BCUT2D eigenvalue weighted by atomic mass is 10.00. The van der Waals surface area contributed by atoms with Gasteiger partial charge in [-0.05, 0) is 47.7 Å². The number of hydrogen-bond donors (Lipinski definition) is 2. The molecular weight excluding hydrogens is 551 g/mol. The number of carbonyl (C=O) groups excluding carboxylic acids is 2. The first kappa shape index (κ1) is 27.8. The van der Waals surface area contributed by atoms with E-state index in [1.54, 1.807) is 24.3 Å². The van der Waals surface area contributed by atoms with Gasteiger partial charge in [0.05, 0.1) is 4.90 Å². The maximum Gasteiger partial charge on any atom is 0.326 e. The standard InChI is InChI=1S/C27H24Cl2N2O6S/c28-21-13-22(29)15-23(14-21)38(36,37)31-11-1-2-25(31)26(33)30-24(27(34)35)12-17-3-7-19(8-4-17)20-9-5-18(16-32)6-10-20/h3-10,13-16,24-25H,1-2,11-12H2,(H,30,33)(H,34,35)/t24-,25-/m0/s1.